The summed E-state index contributed by atoms with van der Waals surface area (Å²) in [7, 11) is 0. The third-order valence-electron chi connectivity index (χ3n) is 3.54. The predicted molar refractivity (Wildman–Crippen MR) is 125 cm³/mol. The number of hydrogen-bond donors (Lipinski definition) is 0. The summed E-state index contributed by atoms with van der Waals surface area (Å²) in [6.45, 7) is 2.05. The molecule has 148 valence electrons. The fraction of sp³-hybridized carbons (Fsp3) is 0.316. The third kappa shape index (κ3) is 6.12. The van der Waals surface area contributed by atoms with Gasteiger partial charge in [0.05, 0.1) is 18.7 Å². The first-order valence-electron chi connectivity index (χ1n) is 8.33. The Balaban J connectivity index is 2.13. The molecule has 1 aromatic carbocycles. The number of hydrogen-bond acceptors (Lipinski definition) is 6. The van der Waals surface area contributed by atoms with Crippen molar-refractivity contribution in [1.82, 2.24) is 4.90 Å². The second-order valence-electron chi connectivity index (χ2n) is 5.65. The number of amides is 2. The molecule has 0 saturated carbocycles. The van der Waals surface area contributed by atoms with E-state index < -0.39 is 17.1 Å². The summed E-state index contributed by atoms with van der Waals surface area (Å²) in [6.07, 6.45) is 8.49. The molecule has 1 saturated heterocycles. The highest BCUT2D eigenvalue weighted by atomic mass is 127. The van der Waals surface area contributed by atoms with E-state index in [4.69, 9.17) is 15.9 Å². The topological polar surface area (TPSA) is 72.9 Å². The summed E-state index contributed by atoms with van der Waals surface area (Å²) < 4.78 is 12.2. The van der Waals surface area contributed by atoms with Crippen molar-refractivity contribution in [2.75, 3.05) is 19.8 Å². The molecule has 6 nitrogen and oxygen atoms in total. The van der Waals surface area contributed by atoms with Crippen molar-refractivity contribution in [3.8, 4) is 18.1 Å². The molecule has 1 aliphatic heterocycles. The zero-order valence-electron chi connectivity index (χ0n) is 15.0. The van der Waals surface area contributed by atoms with Gasteiger partial charge in [-0.05, 0) is 87.1 Å². The van der Waals surface area contributed by atoms with Gasteiger partial charge in [0.15, 0.2) is 0 Å². The Morgan fingerprint density at radius 3 is 2.61 bits per heavy atom. The van der Waals surface area contributed by atoms with Crippen molar-refractivity contribution < 1.29 is 23.9 Å². The molecular weight excluding hydrogens is 608 g/mol. The zero-order chi connectivity index (χ0) is 20.7. The van der Waals surface area contributed by atoms with E-state index in [1.165, 1.54) is 0 Å². The van der Waals surface area contributed by atoms with Crippen molar-refractivity contribution in [2.45, 2.75) is 19.8 Å². The number of imide groups is 1. The molecule has 0 radical (unpaired) electrons. The van der Waals surface area contributed by atoms with Gasteiger partial charge in [0.1, 0.15) is 18.9 Å². The van der Waals surface area contributed by atoms with Gasteiger partial charge >= 0.3 is 5.97 Å². The summed E-state index contributed by atoms with van der Waals surface area (Å²) in [5, 5.41) is -0.484. The zero-order valence-corrected chi connectivity index (χ0v) is 20.1. The number of ether oxygens (including phenoxy) is 2. The van der Waals surface area contributed by atoms with Crippen LogP contribution < -0.4 is 4.74 Å². The lowest BCUT2D eigenvalue weighted by Crippen LogP contribution is -2.34. The molecule has 0 bridgehead atoms. The normalized spacial score (nSPS) is 15.1. The first-order chi connectivity index (χ1) is 13.4. The van der Waals surface area contributed by atoms with Crippen LogP contribution in [-0.2, 0) is 14.3 Å². The Labute approximate surface area is 195 Å². The minimum absolute atomic E-state index is 0.165. The van der Waals surface area contributed by atoms with Gasteiger partial charge in [-0.1, -0.05) is 19.3 Å². The number of benzene rings is 1. The summed E-state index contributed by atoms with van der Waals surface area (Å²) >= 11 is 5.06. The van der Waals surface area contributed by atoms with Gasteiger partial charge in [-0.2, -0.15) is 0 Å². The average Bonchev–Trinajstić information content (AvgIpc) is 2.89. The number of terminal acetylenes is 1. The van der Waals surface area contributed by atoms with E-state index in [-0.39, 0.29) is 24.7 Å². The molecule has 0 aromatic heterocycles. The van der Waals surface area contributed by atoms with Crippen molar-refractivity contribution in [2.24, 2.45) is 0 Å². The van der Waals surface area contributed by atoms with Gasteiger partial charge in [-0.15, -0.1) is 6.42 Å². The van der Waals surface area contributed by atoms with Gasteiger partial charge in [0.2, 0.25) is 0 Å². The van der Waals surface area contributed by atoms with Crippen LogP contribution in [0.1, 0.15) is 25.3 Å². The van der Waals surface area contributed by atoms with E-state index in [1.54, 1.807) is 6.08 Å². The molecule has 0 spiro atoms. The maximum atomic E-state index is 12.5. The molecule has 0 atom stereocenters. The fourth-order valence-corrected chi connectivity index (χ4v) is 5.17. The molecule has 0 unspecified atom stereocenters. The van der Waals surface area contributed by atoms with E-state index in [0.717, 1.165) is 42.2 Å². The van der Waals surface area contributed by atoms with E-state index in [0.29, 0.717) is 5.75 Å². The molecule has 1 aromatic rings. The Morgan fingerprint density at radius 2 is 2.00 bits per heavy atom. The lowest BCUT2D eigenvalue weighted by atomic mass is 10.2. The smallest absolute Gasteiger partial charge is 0.326 e. The number of thioether (sulfide) groups is 1. The predicted octanol–water partition coefficient (Wildman–Crippen LogP) is 4.29. The number of unbranched alkanes of at least 4 members (excludes halogenated alkanes) is 1. The number of esters is 1. The molecule has 1 aliphatic rings. The molecule has 2 rings (SSSR count). The molecule has 1 fully saturated rings. The van der Waals surface area contributed by atoms with Gasteiger partial charge in [0.25, 0.3) is 11.1 Å². The van der Waals surface area contributed by atoms with Crippen LogP contribution in [-0.4, -0.2) is 41.8 Å². The van der Waals surface area contributed by atoms with E-state index in [9.17, 15) is 14.4 Å². The van der Waals surface area contributed by atoms with Crippen molar-refractivity contribution in [1.29, 1.82) is 0 Å². The number of carbonyl (C=O) groups excluding carboxylic acids is 3. The summed E-state index contributed by atoms with van der Waals surface area (Å²) in [6, 6.07) is 3.67. The number of rotatable bonds is 8. The molecule has 2 amide bonds. The average molecular weight is 625 g/mol. The maximum absolute atomic E-state index is 12.5. The third-order valence-corrected chi connectivity index (χ3v) is 6.05. The lowest BCUT2D eigenvalue weighted by molar-refractivity contribution is -0.146. The van der Waals surface area contributed by atoms with Crippen molar-refractivity contribution in [3.63, 3.8) is 0 Å². The van der Waals surface area contributed by atoms with Crippen LogP contribution in [0.5, 0.6) is 5.75 Å². The number of nitrogens with zero attached hydrogens (tertiary/aromatic N) is 1. The summed E-state index contributed by atoms with van der Waals surface area (Å²) in [5.74, 6) is 2.01. The number of carbonyl (C=O) groups is 3. The first kappa shape index (κ1) is 23.0. The van der Waals surface area contributed by atoms with Crippen LogP contribution in [0.25, 0.3) is 6.08 Å². The molecule has 0 aliphatic carbocycles. The Hall–Kier alpha value is -1.26. The highest BCUT2D eigenvalue weighted by molar-refractivity contribution is 14.1. The quantitative estimate of drug-likeness (QED) is 0.141. The van der Waals surface area contributed by atoms with Gasteiger partial charge in [-0.25, -0.2) is 0 Å². The van der Waals surface area contributed by atoms with Crippen LogP contribution in [0.15, 0.2) is 17.0 Å². The lowest BCUT2D eigenvalue weighted by Gasteiger charge is -2.11. The summed E-state index contributed by atoms with van der Waals surface area (Å²) in [4.78, 5) is 37.6. The van der Waals surface area contributed by atoms with Gasteiger partial charge in [0, 0.05) is 0 Å². The summed E-state index contributed by atoms with van der Waals surface area (Å²) in [5.41, 5.74) is 0.748. The van der Waals surface area contributed by atoms with Crippen LogP contribution in [0.3, 0.4) is 0 Å². The van der Waals surface area contributed by atoms with Crippen LogP contribution in [0.2, 0.25) is 0 Å². The van der Waals surface area contributed by atoms with Crippen LogP contribution in [0, 0.1) is 19.5 Å². The molecule has 0 N–H and O–H groups in total. The monoisotopic (exact) mass is 625 g/mol. The minimum Gasteiger partial charge on any atom is -0.479 e. The van der Waals surface area contributed by atoms with Crippen molar-refractivity contribution >= 4 is 80.1 Å². The molecule has 9 heteroatoms. The standard InChI is InChI=1S/C19H17I2NO5S/c1-3-5-7-26-16(23)11-22-18(24)15(28-19(22)25)10-12-8-13(20)17(14(21)9-12)27-6-4-2/h2,8-10H,3,5-7,11H2,1H3/b15-10-. The van der Waals surface area contributed by atoms with Crippen LogP contribution >= 0.6 is 56.9 Å². The molecule has 1 heterocycles. The Kier molecular flexibility index (Phi) is 9.10. The minimum atomic E-state index is -0.587. The second kappa shape index (κ2) is 11.1. The van der Waals surface area contributed by atoms with Crippen molar-refractivity contribution in [3.05, 3.63) is 29.7 Å². The highest BCUT2D eigenvalue weighted by Gasteiger charge is 2.36. The molecule has 28 heavy (non-hydrogen) atoms. The van der Waals surface area contributed by atoms with Gasteiger partial charge in [-0.3, -0.25) is 19.3 Å². The van der Waals surface area contributed by atoms with E-state index in [2.05, 4.69) is 51.1 Å². The first-order valence-corrected chi connectivity index (χ1v) is 11.3. The fourth-order valence-electron chi connectivity index (χ4n) is 2.21. The Bertz CT molecular complexity index is 839. The second-order valence-corrected chi connectivity index (χ2v) is 8.97. The highest BCUT2D eigenvalue weighted by Crippen LogP contribution is 2.34. The van der Waals surface area contributed by atoms with E-state index in [1.807, 2.05) is 19.1 Å². The van der Waals surface area contributed by atoms with Crippen LogP contribution in [0.4, 0.5) is 4.79 Å². The largest absolute Gasteiger partial charge is 0.479 e. The Morgan fingerprint density at radius 1 is 1.32 bits per heavy atom. The van der Waals surface area contributed by atoms with E-state index >= 15 is 0 Å². The maximum Gasteiger partial charge on any atom is 0.326 e. The van der Waals surface area contributed by atoms with Gasteiger partial charge < -0.3 is 9.47 Å². The SMILES string of the molecule is C#CCOc1c(I)cc(/C=C2\SC(=O)N(CC(=O)OCCCC)C2=O)cc1I. The number of halogens is 2. The molecular formula is C19H17I2NO5S.